The van der Waals surface area contributed by atoms with Crippen LogP contribution in [0.5, 0.6) is 0 Å². The molecule has 0 unspecified atom stereocenters. The van der Waals surface area contributed by atoms with Crippen LogP contribution in [0.25, 0.3) is 0 Å². The highest BCUT2D eigenvalue weighted by molar-refractivity contribution is 9.10. The second kappa shape index (κ2) is 5.41. The number of anilines is 1. The minimum atomic E-state index is -4.56. The van der Waals surface area contributed by atoms with E-state index in [2.05, 4.69) is 20.9 Å². The molecular weight excluding hydrogens is 361 g/mol. The van der Waals surface area contributed by atoms with Crippen molar-refractivity contribution in [3.05, 3.63) is 52.4 Å². The molecule has 20 heavy (non-hydrogen) atoms. The predicted octanol–water partition coefficient (Wildman–Crippen LogP) is 3.06. The number of nitrogens with one attached hydrogen (secondary N) is 1. The van der Waals surface area contributed by atoms with Crippen molar-refractivity contribution in [3.63, 3.8) is 0 Å². The van der Waals surface area contributed by atoms with Gasteiger partial charge in [0.1, 0.15) is 23.3 Å². The van der Waals surface area contributed by atoms with Gasteiger partial charge in [0, 0.05) is 22.8 Å². The monoisotopic (exact) mass is 366 g/mol. The van der Waals surface area contributed by atoms with Gasteiger partial charge in [-0.1, -0.05) is 15.9 Å². The molecule has 0 saturated heterocycles. The average Bonchev–Trinajstić information content (AvgIpc) is 2.25. The van der Waals surface area contributed by atoms with Gasteiger partial charge in [0.15, 0.2) is 4.90 Å². The molecular formula is C11H6BrF3N2O2S. The number of hydrogen-bond acceptors (Lipinski definition) is 3. The van der Waals surface area contributed by atoms with Crippen LogP contribution in [-0.4, -0.2) is 13.4 Å². The van der Waals surface area contributed by atoms with Gasteiger partial charge in [-0.2, -0.15) is 0 Å². The van der Waals surface area contributed by atoms with Crippen LogP contribution in [0.3, 0.4) is 0 Å². The Morgan fingerprint density at radius 2 is 1.70 bits per heavy atom. The van der Waals surface area contributed by atoms with Crippen LogP contribution in [0.2, 0.25) is 0 Å². The highest BCUT2D eigenvalue weighted by atomic mass is 79.9. The largest absolute Gasteiger partial charge is 0.268 e. The Morgan fingerprint density at radius 3 is 2.25 bits per heavy atom. The van der Waals surface area contributed by atoms with E-state index >= 15 is 0 Å². The molecule has 106 valence electrons. The number of sulfonamides is 1. The number of halogens is 4. The molecule has 0 amide bonds. The molecule has 1 heterocycles. The summed E-state index contributed by atoms with van der Waals surface area (Å²) >= 11 is 3.09. The van der Waals surface area contributed by atoms with Crippen LogP contribution in [0.4, 0.5) is 19.0 Å². The predicted molar refractivity (Wildman–Crippen MR) is 69.1 cm³/mol. The van der Waals surface area contributed by atoms with Crippen molar-refractivity contribution in [1.29, 1.82) is 0 Å². The third-order valence-electron chi connectivity index (χ3n) is 2.19. The van der Waals surface area contributed by atoms with Crippen LogP contribution in [0.1, 0.15) is 0 Å². The van der Waals surface area contributed by atoms with Crippen molar-refractivity contribution in [3.8, 4) is 0 Å². The molecule has 0 radical (unpaired) electrons. The molecule has 2 aromatic rings. The first-order chi connectivity index (χ1) is 9.29. The van der Waals surface area contributed by atoms with Gasteiger partial charge >= 0.3 is 0 Å². The first-order valence-corrected chi connectivity index (χ1v) is 7.36. The van der Waals surface area contributed by atoms with Crippen LogP contribution >= 0.6 is 15.9 Å². The lowest BCUT2D eigenvalue weighted by Crippen LogP contribution is -2.17. The Bertz CT molecular complexity index is 745. The maximum Gasteiger partial charge on any atom is 0.268 e. The van der Waals surface area contributed by atoms with Gasteiger partial charge in [-0.05, 0) is 12.1 Å². The van der Waals surface area contributed by atoms with Gasteiger partial charge in [-0.15, -0.1) is 0 Å². The molecule has 1 N–H and O–H groups in total. The van der Waals surface area contributed by atoms with Crippen molar-refractivity contribution >= 4 is 31.8 Å². The van der Waals surface area contributed by atoms with E-state index in [9.17, 15) is 21.6 Å². The fraction of sp³-hybridized carbons (Fsp3) is 0. The minimum absolute atomic E-state index is 0.137. The fourth-order valence-corrected chi connectivity index (χ4v) is 2.89. The van der Waals surface area contributed by atoms with Gasteiger partial charge in [-0.25, -0.2) is 26.6 Å². The van der Waals surface area contributed by atoms with Crippen LogP contribution in [-0.2, 0) is 10.0 Å². The Kier molecular flexibility index (Phi) is 4.00. The maximum absolute atomic E-state index is 13.5. The lowest BCUT2D eigenvalue weighted by atomic mass is 10.3. The molecule has 2 rings (SSSR count). The molecule has 0 saturated carbocycles. The summed E-state index contributed by atoms with van der Waals surface area (Å²) in [6.45, 7) is 0. The van der Waals surface area contributed by atoms with Crippen molar-refractivity contribution in [2.75, 3.05) is 4.72 Å². The van der Waals surface area contributed by atoms with E-state index in [1.807, 2.05) is 4.72 Å². The van der Waals surface area contributed by atoms with E-state index in [0.29, 0.717) is 4.47 Å². The Balaban J connectivity index is 2.46. The SMILES string of the molecule is O=S(=O)(Nc1cc(Br)ccn1)c1c(F)cc(F)cc1F. The maximum atomic E-state index is 13.5. The van der Waals surface area contributed by atoms with Gasteiger partial charge < -0.3 is 0 Å². The van der Waals surface area contributed by atoms with E-state index in [1.165, 1.54) is 18.3 Å². The smallest absolute Gasteiger partial charge is 0.263 e. The molecule has 0 atom stereocenters. The Hall–Kier alpha value is -1.61. The second-order valence-electron chi connectivity index (χ2n) is 3.66. The summed E-state index contributed by atoms with van der Waals surface area (Å²) in [6, 6.07) is 3.41. The highest BCUT2D eigenvalue weighted by Gasteiger charge is 2.25. The van der Waals surface area contributed by atoms with Crippen molar-refractivity contribution in [2.24, 2.45) is 0 Å². The van der Waals surface area contributed by atoms with E-state index in [1.54, 1.807) is 0 Å². The quantitative estimate of drug-likeness (QED) is 0.907. The summed E-state index contributed by atoms with van der Waals surface area (Å²) in [5.74, 6) is -4.39. The summed E-state index contributed by atoms with van der Waals surface area (Å²) in [4.78, 5) is 2.42. The molecule has 0 fully saturated rings. The normalized spacial score (nSPS) is 11.4. The number of hydrogen-bond donors (Lipinski definition) is 1. The van der Waals surface area contributed by atoms with Crippen LogP contribution in [0, 0.1) is 17.5 Å². The molecule has 9 heteroatoms. The van der Waals surface area contributed by atoms with Crippen molar-refractivity contribution in [2.45, 2.75) is 4.90 Å². The lowest BCUT2D eigenvalue weighted by Gasteiger charge is -2.09. The van der Waals surface area contributed by atoms with Gasteiger partial charge in [-0.3, -0.25) is 4.72 Å². The van der Waals surface area contributed by atoms with Gasteiger partial charge in [0.05, 0.1) is 0 Å². The summed E-state index contributed by atoms with van der Waals surface area (Å²) in [6.07, 6.45) is 1.29. The van der Waals surface area contributed by atoms with Crippen molar-refractivity contribution < 1.29 is 21.6 Å². The highest BCUT2D eigenvalue weighted by Crippen LogP contribution is 2.23. The van der Waals surface area contributed by atoms with E-state index in [0.717, 1.165) is 0 Å². The molecule has 0 aliphatic carbocycles. The zero-order chi connectivity index (χ0) is 14.9. The zero-order valence-electron chi connectivity index (χ0n) is 9.57. The number of pyridine rings is 1. The summed E-state index contributed by atoms with van der Waals surface area (Å²) in [7, 11) is -4.56. The molecule has 4 nitrogen and oxygen atoms in total. The van der Waals surface area contributed by atoms with Gasteiger partial charge in [0.2, 0.25) is 0 Å². The molecule has 0 aliphatic rings. The summed E-state index contributed by atoms with van der Waals surface area (Å²) < 4.78 is 65.9. The first-order valence-electron chi connectivity index (χ1n) is 5.08. The second-order valence-corrected chi connectivity index (χ2v) is 6.20. The fourth-order valence-electron chi connectivity index (χ4n) is 1.43. The van der Waals surface area contributed by atoms with E-state index in [4.69, 9.17) is 0 Å². The number of aromatic nitrogens is 1. The minimum Gasteiger partial charge on any atom is -0.263 e. The average molecular weight is 367 g/mol. The number of nitrogens with zero attached hydrogens (tertiary/aromatic N) is 1. The van der Waals surface area contributed by atoms with Crippen LogP contribution < -0.4 is 4.72 Å². The third-order valence-corrected chi connectivity index (χ3v) is 4.09. The topological polar surface area (TPSA) is 59.1 Å². The van der Waals surface area contributed by atoms with E-state index < -0.39 is 32.4 Å². The number of rotatable bonds is 3. The van der Waals surface area contributed by atoms with Crippen molar-refractivity contribution in [1.82, 2.24) is 4.98 Å². The zero-order valence-corrected chi connectivity index (χ0v) is 12.0. The standard InChI is InChI=1S/C11H6BrF3N2O2S/c12-6-1-2-16-10(3-6)17-20(18,19)11-8(14)4-7(13)5-9(11)15/h1-5H,(H,16,17). The Morgan fingerprint density at radius 1 is 1.10 bits per heavy atom. The Labute approximate surface area is 120 Å². The first kappa shape index (κ1) is 14.8. The molecule has 1 aromatic heterocycles. The summed E-state index contributed by atoms with van der Waals surface area (Å²) in [5.41, 5.74) is 0. The third kappa shape index (κ3) is 3.10. The van der Waals surface area contributed by atoms with Crippen LogP contribution in [0.15, 0.2) is 39.8 Å². The molecule has 0 spiro atoms. The molecule has 0 bridgehead atoms. The summed E-state index contributed by atoms with van der Waals surface area (Å²) in [5, 5.41) is 0. The molecule has 1 aromatic carbocycles. The van der Waals surface area contributed by atoms with E-state index in [-0.39, 0.29) is 18.0 Å². The van der Waals surface area contributed by atoms with Gasteiger partial charge in [0.25, 0.3) is 10.0 Å². The lowest BCUT2D eigenvalue weighted by molar-refractivity contribution is 0.498. The molecule has 0 aliphatic heterocycles. The number of benzene rings is 1.